The molecule has 1 aromatic rings. The van der Waals surface area contributed by atoms with E-state index in [4.69, 9.17) is 0 Å². The van der Waals surface area contributed by atoms with Gasteiger partial charge in [-0.1, -0.05) is 18.2 Å². The summed E-state index contributed by atoms with van der Waals surface area (Å²) in [4.78, 5) is 10.0. The summed E-state index contributed by atoms with van der Waals surface area (Å²) in [6.07, 6.45) is 0. The van der Waals surface area contributed by atoms with E-state index in [1.54, 1.807) is 25.1 Å². The quantitative estimate of drug-likeness (QED) is 0.700. The van der Waals surface area contributed by atoms with E-state index >= 15 is 0 Å². The highest BCUT2D eigenvalue weighted by atomic mass is 32.2. The van der Waals surface area contributed by atoms with Crippen LogP contribution < -0.4 is 0 Å². The zero-order chi connectivity index (χ0) is 11.3. The monoisotopic (exact) mass is 227 g/mol. The lowest BCUT2D eigenvalue weighted by Crippen LogP contribution is -2.13. The first-order valence-electron chi connectivity index (χ1n) is 4.35. The van der Waals surface area contributed by atoms with Crippen LogP contribution in [0.1, 0.15) is 5.56 Å². The molecule has 0 amide bonds. The molecule has 0 aromatic heterocycles. The van der Waals surface area contributed by atoms with Gasteiger partial charge in [-0.2, -0.15) is 0 Å². The molecule has 0 atom stereocenters. The van der Waals surface area contributed by atoms with Crippen molar-refractivity contribution in [2.24, 2.45) is 0 Å². The first-order chi connectivity index (χ1) is 7.08. The lowest BCUT2D eigenvalue weighted by molar-refractivity contribution is 0.297. The lowest BCUT2D eigenvalue weighted by Gasteiger charge is -2.05. The third kappa shape index (κ3) is 3.06. The summed E-state index contributed by atoms with van der Waals surface area (Å²) in [5.74, 6) is -0.215. The fraction of sp³-hybridized carbons (Fsp3) is 0.300. The largest absolute Gasteiger partial charge is 0.456 e. The molecule has 0 unspecified atom stereocenters. The molecule has 0 spiro atoms. The Balaban J connectivity index is 2.87. The van der Waals surface area contributed by atoms with E-state index < -0.39 is 9.84 Å². The molecule has 0 saturated heterocycles. The van der Waals surface area contributed by atoms with E-state index in [-0.39, 0.29) is 17.3 Å². The van der Waals surface area contributed by atoms with Crippen molar-refractivity contribution in [2.75, 3.05) is 12.4 Å². The van der Waals surface area contributed by atoms with Crippen molar-refractivity contribution < 1.29 is 17.9 Å². The Morgan fingerprint density at radius 1 is 1.33 bits per heavy atom. The molecule has 1 radical (unpaired) electrons. The van der Waals surface area contributed by atoms with Gasteiger partial charge in [0, 0.05) is 0 Å². The Labute approximate surface area is 88.8 Å². The summed E-state index contributed by atoms with van der Waals surface area (Å²) in [5.41, 5.74) is 0.688. The zero-order valence-electron chi connectivity index (χ0n) is 8.26. The molecule has 0 heterocycles. The van der Waals surface area contributed by atoms with Crippen LogP contribution in [0.3, 0.4) is 0 Å². The van der Waals surface area contributed by atoms with Gasteiger partial charge in [0.1, 0.15) is 6.61 Å². The molecule has 0 N–H and O–H groups in total. The van der Waals surface area contributed by atoms with Crippen molar-refractivity contribution in [1.29, 1.82) is 0 Å². The maximum absolute atomic E-state index is 11.7. The summed E-state index contributed by atoms with van der Waals surface area (Å²) < 4.78 is 27.7. The van der Waals surface area contributed by atoms with Gasteiger partial charge >= 0.3 is 6.47 Å². The van der Waals surface area contributed by atoms with Crippen LogP contribution in [-0.2, 0) is 19.4 Å². The summed E-state index contributed by atoms with van der Waals surface area (Å²) >= 11 is 0. The Kier molecular flexibility index (Phi) is 3.85. The number of benzene rings is 1. The molecular formula is C10H11O4S. The predicted octanol–water partition coefficient (Wildman–Crippen LogP) is 0.853. The highest BCUT2D eigenvalue weighted by molar-refractivity contribution is 7.91. The topological polar surface area (TPSA) is 60.4 Å². The average Bonchev–Trinajstić information content (AvgIpc) is 2.18. The minimum absolute atomic E-state index is 0.167. The van der Waals surface area contributed by atoms with Crippen molar-refractivity contribution in [3.8, 4) is 0 Å². The fourth-order valence-electron chi connectivity index (χ4n) is 1.21. The van der Waals surface area contributed by atoms with Gasteiger partial charge in [0.05, 0.1) is 10.6 Å². The van der Waals surface area contributed by atoms with Crippen LogP contribution in [0, 0.1) is 6.92 Å². The Bertz CT molecular complexity index is 436. The van der Waals surface area contributed by atoms with Crippen LogP contribution in [0.15, 0.2) is 29.2 Å². The molecular weight excluding hydrogens is 216 g/mol. The van der Waals surface area contributed by atoms with Crippen molar-refractivity contribution in [1.82, 2.24) is 0 Å². The Hall–Kier alpha value is -1.36. The number of ether oxygens (including phenoxy) is 1. The number of hydrogen-bond donors (Lipinski definition) is 0. The van der Waals surface area contributed by atoms with Gasteiger partial charge < -0.3 is 4.74 Å². The molecule has 1 rings (SSSR count). The summed E-state index contributed by atoms with van der Waals surface area (Å²) in [6.45, 7) is 2.75. The van der Waals surface area contributed by atoms with Gasteiger partial charge in [0.25, 0.3) is 0 Å². The van der Waals surface area contributed by atoms with Gasteiger partial charge in [0.15, 0.2) is 9.84 Å². The average molecular weight is 227 g/mol. The molecule has 1 aromatic carbocycles. The minimum Gasteiger partial charge on any atom is -0.456 e. The molecule has 4 nitrogen and oxygen atoms in total. The van der Waals surface area contributed by atoms with Crippen LogP contribution in [-0.4, -0.2) is 27.2 Å². The highest BCUT2D eigenvalue weighted by Crippen LogP contribution is 2.15. The van der Waals surface area contributed by atoms with Crippen LogP contribution in [0.2, 0.25) is 0 Å². The normalized spacial score (nSPS) is 11.0. The minimum atomic E-state index is -3.37. The second kappa shape index (κ2) is 4.93. The molecule has 0 fully saturated rings. The van der Waals surface area contributed by atoms with Crippen LogP contribution in [0.5, 0.6) is 0 Å². The molecule has 0 aliphatic rings. The van der Waals surface area contributed by atoms with Gasteiger partial charge in [-0.25, -0.2) is 13.2 Å². The maximum Gasteiger partial charge on any atom is 0.417 e. The van der Waals surface area contributed by atoms with Crippen molar-refractivity contribution in [3.05, 3.63) is 29.8 Å². The van der Waals surface area contributed by atoms with E-state index in [2.05, 4.69) is 4.74 Å². The highest BCUT2D eigenvalue weighted by Gasteiger charge is 2.16. The Morgan fingerprint density at radius 2 is 2.00 bits per heavy atom. The van der Waals surface area contributed by atoms with E-state index in [0.29, 0.717) is 5.56 Å². The van der Waals surface area contributed by atoms with Crippen molar-refractivity contribution in [2.45, 2.75) is 11.8 Å². The first kappa shape index (κ1) is 11.7. The predicted molar refractivity (Wildman–Crippen MR) is 54.9 cm³/mol. The zero-order valence-corrected chi connectivity index (χ0v) is 9.08. The van der Waals surface area contributed by atoms with Crippen LogP contribution in [0.4, 0.5) is 0 Å². The third-order valence-electron chi connectivity index (χ3n) is 1.94. The molecule has 0 aliphatic heterocycles. The number of rotatable bonds is 5. The van der Waals surface area contributed by atoms with E-state index in [0.717, 1.165) is 0 Å². The maximum atomic E-state index is 11.7. The summed E-state index contributed by atoms with van der Waals surface area (Å²) in [6, 6.07) is 6.69. The lowest BCUT2D eigenvalue weighted by atomic mass is 10.2. The van der Waals surface area contributed by atoms with Gasteiger partial charge in [-0.05, 0) is 18.6 Å². The fourth-order valence-corrected chi connectivity index (χ4v) is 2.58. The van der Waals surface area contributed by atoms with Crippen LogP contribution >= 0.6 is 0 Å². The third-order valence-corrected chi connectivity index (χ3v) is 3.77. The number of sulfone groups is 1. The molecule has 0 aliphatic carbocycles. The molecule has 81 valence electrons. The van der Waals surface area contributed by atoms with E-state index in [1.807, 2.05) is 0 Å². The molecule has 5 heteroatoms. The number of carbonyl (C=O) groups excluding carboxylic acids is 1. The smallest absolute Gasteiger partial charge is 0.417 e. The van der Waals surface area contributed by atoms with E-state index in [1.165, 1.54) is 12.5 Å². The summed E-state index contributed by atoms with van der Waals surface area (Å²) in [5, 5.41) is 0. The van der Waals surface area contributed by atoms with E-state index in [9.17, 15) is 13.2 Å². The van der Waals surface area contributed by atoms with Crippen molar-refractivity contribution >= 4 is 16.3 Å². The summed E-state index contributed by atoms with van der Waals surface area (Å²) in [7, 11) is -3.37. The second-order valence-electron chi connectivity index (χ2n) is 3.02. The first-order valence-corrected chi connectivity index (χ1v) is 6.00. The Morgan fingerprint density at radius 3 is 2.60 bits per heavy atom. The SMILES string of the molecule is Cc1ccccc1S(=O)(=O)CCO[C]=O. The molecule has 15 heavy (non-hydrogen) atoms. The van der Waals surface area contributed by atoms with Gasteiger partial charge in [-0.15, -0.1) is 0 Å². The number of hydrogen-bond acceptors (Lipinski definition) is 4. The standard InChI is InChI=1S/C10H11O4S/c1-9-4-2-3-5-10(9)15(12,13)7-6-14-8-11/h2-5H,6-7H2,1H3. The van der Waals surface area contributed by atoms with Crippen molar-refractivity contribution in [3.63, 3.8) is 0 Å². The molecule has 0 bridgehead atoms. The molecule has 0 saturated carbocycles. The number of aryl methyl sites for hydroxylation is 1. The van der Waals surface area contributed by atoms with Gasteiger partial charge in [-0.3, -0.25) is 0 Å². The van der Waals surface area contributed by atoms with Crippen LogP contribution in [0.25, 0.3) is 0 Å². The van der Waals surface area contributed by atoms with Gasteiger partial charge in [0.2, 0.25) is 0 Å². The second-order valence-corrected chi connectivity index (χ2v) is 5.09.